The second-order valence-electron chi connectivity index (χ2n) is 15.8. The first-order valence-corrected chi connectivity index (χ1v) is 20.5. The quantitative estimate of drug-likeness (QED) is 0.161. The number of nitrogens with zero attached hydrogens (tertiary/aromatic N) is 4. The Morgan fingerprint density at radius 3 is 1.52 bits per heavy atom. The summed E-state index contributed by atoms with van der Waals surface area (Å²) in [7, 11) is 0. The van der Waals surface area contributed by atoms with Crippen molar-refractivity contribution >= 4 is 49.3 Å². The maximum Gasteiger partial charge on any atom is 0.197 e. The Balaban J connectivity index is 1.05. The molecule has 61 heavy (non-hydrogen) atoms. The lowest BCUT2D eigenvalue weighted by molar-refractivity contribution is 0.769. The molecule has 0 aliphatic heterocycles. The van der Waals surface area contributed by atoms with Gasteiger partial charge in [-0.15, -0.1) is 0 Å². The van der Waals surface area contributed by atoms with E-state index in [1.165, 1.54) is 33.4 Å². The summed E-state index contributed by atoms with van der Waals surface area (Å²) in [5.41, 5.74) is 15.5. The molecule has 12 rings (SSSR count). The van der Waals surface area contributed by atoms with Crippen molar-refractivity contribution in [2.75, 3.05) is 0 Å². The standard InChI is InChI=1S/C57H34N4/c1-59-52-33-41(29-31-44(52)42-30-28-40(32-37(42)36-58)60-53-25-13-9-21-45(53)46-22-10-14-26-54(46)60)61-55-27-15-11-23-47(55)49-34-51-48(35-56(49)61)43-20-8-12-24-50(43)57(51,38-16-4-2-5-17-38)39-18-6-3-7-19-39/h2-35H. The van der Waals surface area contributed by atoms with Gasteiger partial charge in [0.2, 0.25) is 0 Å². The van der Waals surface area contributed by atoms with Crippen LogP contribution in [0.25, 0.3) is 82.1 Å². The zero-order chi connectivity index (χ0) is 40.7. The molecular formula is C57H34N4. The average molecular weight is 775 g/mol. The molecule has 0 saturated carbocycles. The molecule has 0 saturated heterocycles. The van der Waals surface area contributed by atoms with Crippen molar-refractivity contribution in [1.29, 1.82) is 5.26 Å². The molecule has 0 N–H and O–H groups in total. The van der Waals surface area contributed by atoms with E-state index in [0.29, 0.717) is 11.3 Å². The molecule has 1 aliphatic carbocycles. The number of nitriles is 1. The van der Waals surface area contributed by atoms with Crippen LogP contribution in [0.5, 0.6) is 0 Å². The van der Waals surface area contributed by atoms with Crippen molar-refractivity contribution in [3.63, 3.8) is 0 Å². The molecule has 4 nitrogen and oxygen atoms in total. The molecule has 11 aromatic rings. The molecule has 0 radical (unpaired) electrons. The predicted octanol–water partition coefficient (Wildman–Crippen LogP) is 14.3. The van der Waals surface area contributed by atoms with Crippen LogP contribution in [0.3, 0.4) is 0 Å². The van der Waals surface area contributed by atoms with Gasteiger partial charge < -0.3 is 9.13 Å². The number of aromatic nitrogens is 2. The van der Waals surface area contributed by atoms with E-state index in [9.17, 15) is 5.26 Å². The van der Waals surface area contributed by atoms with E-state index in [1.54, 1.807) is 0 Å². The molecule has 282 valence electrons. The highest BCUT2D eigenvalue weighted by Crippen LogP contribution is 2.57. The largest absolute Gasteiger partial charge is 0.310 e. The molecule has 0 bridgehead atoms. The van der Waals surface area contributed by atoms with Gasteiger partial charge in [-0.05, 0) is 99.1 Å². The Labute approximate surface area is 352 Å². The molecule has 0 amide bonds. The normalized spacial score (nSPS) is 12.7. The average Bonchev–Trinajstić information content (AvgIpc) is 3.95. The van der Waals surface area contributed by atoms with E-state index < -0.39 is 5.41 Å². The van der Waals surface area contributed by atoms with Crippen LogP contribution >= 0.6 is 0 Å². The van der Waals surface area contributed by atoms with Gasteiger partial charge in [-0.3, -0.25) is 0 Å². The zero-order valence-electron chi connectivity index (χ0n) is 32.9. The Kier molecular flexibility index (Phi) is 7.54. The second-order valence-corrected chi connectivity index (χ2v) is 15.8. The van der Waals surface area contributed by atoms with E-state index in [1.807, 2.05) is 36.4 Å². The monoisotopic (exact) mass is 774 g/mol. The Bertz CT molecular complexity index is 3580. The summed E-state index contributed by atoms with van der Waals surface area (Å²) in [4.78, 5) is 4.10. The van der Waals surface area contributed by atoms with Crippen molar-refractivity contribution in [2.45, 2.75) is 5.41 Å². The van der Waals surface area contributed by atoms with Crippen LogP contribution in [-0.2, 0) is 5.41 Å². The van der Waals surface area contributed by atoms with Gasteiger partial charge in [-0.25, -0.2) is 4.85 Å². The lowest BCUT2D eigenvalue weighted by atomic mass is 9.67. The third-order valence-electron chi connectivity index (χ3n) is 12.9. The molecule has 2 heterocycles. The van der Waals surface area contributed by atoms with Gasteiger partial charge in [0.25, 0.3) is 0 Å². The fourth-order valence-electron chi connectivity index (χ4n) is 10.4. The summed E-state index contributed by atoms with van der Waals surface area (Å²) in [6, 6.07) is 75.3. The number of hydrogen-bond donors (Lipinski definition) is 0. The highest BCUT2D eigenvalue weighted by Gasteiger charge is 2.46. The maximum absolute atomic E-state index is 10.6. The van der Waals surface area contributed by atoms with Gasteiger partial charge in [0.15, 0.2) is 5.69 Å². The summed E-state index contributed by atoms with van der Waals surface area (Å²) in [6.45, 7) is 8.46. The summed E-state index contributed by atoms with van der Waals surface area (Å²) in [5.74, 6) is 0. The zero-order valence-corrected chi connectivity index (χ0v) is 32.9. The van der Waals surface area contributed by atoms with Gasteiger partial charge in [0.05, 0.1) is 45.7 Å². The van der Waals surface area contributed by atoms with Crippen LogP contribution in [0, 0.1) is 17.9 Å². The first kappa shape index (κ1) is 34.6. The molecule has 1 aliphatic rings. The van der Waals surface area contributed by atoms with Gasteiger partial charge in [-0.1, -0.05) is 152 Å². The Morgan fingerprint density at radius 1 is 0.410 bits per heavy atom. The van der Waals surface area contributed by atoms with Gasteiger partial charge in [0.1, 0.15) is 0 Å². The molecular weight excluding hydrogens is 741 g/mol. The summed E-state index contributed by atoms with van der Waals surface area (Å²) < 4.78 is 4.52. The first-order chi connectivity index (χ1) is 30.2. The number of para-hydroxylation sites is 3. The Hall–Kier alpha value is -8.44. The number of fused-ring (bicyclic) bond motifs is 9. The minimum Gasteiger partial charge on any atom is -0.310 e. The van der Waals surface area contributed by atoms with Crippen LogP contribution in [0.15, 0.2) is 206 Å². The number of rotatable bonds is 5. The Morgan fingerprint density at radius 2 is 0.918 bits per heavy atom. The third kappa shape index (κ3) is 4.85. The molecule has 0 spiro atoms. The number of hydrogen-bond acceptors (Lipinski definition) is 1. The smallest absolute Gasteiger partial charge is 0.197 e. The van der Waals surface area contributed by atoms with Crippen LogP contribution in [0.1, 0.15) is 27.8 Å². The van der Waals surface area contributed by atoms with Crippen molar-refractivity contribution in [1.82, 2.24) is 9.13 Å². The summed E-state index contributed by atoms with van der Waals surface area (Å²) in [6.07, 6.45) is 0. The third-order valence-corrected chi connectivity index (χ3v) is 12.9. The van der Waals surface area contributed by atoms with E-state index in [4.69, 9.17) is 6.57 Å². The lowest BCUT2D eigenvalue weighted by Crippen LogP contribution is -2.28. The van der Waals surface area contributed by atoms with Crippen LogP contribution in [0.2, 0.25) is 0 Å². The van der Waals surface area contributed by atoms with Crippen LogP contribution < -0.4 is 0 Å². The molecule has 4 heteroatoms. The van der Waals surface area contributed by atoms with Crippen LogP contribution in [-0.4, -0.2) is 9.13 Å². The maximum atomic E-state index is 10.6. The van der Waals surface area contributed by atoms with E-state index in [0.717, 1.165) is 66.1 Å². The summed E-state index contributed by atoms with van der Waals surface area (Å²) in [5, 5.41) is 15.2. The molecule has 2 aromatic heterocycles. The highest BCUT2D eigenvalue weighted by molar-refractivity contribution is 6.12. The molecule has 0 fully saturated rings. The van der Waals surface area contributed by atoms with E-state index in [2.05, 4.69) is 190 Å². The van der Waals surface area contributed by atoms with Crippen molar-refractivity contribution in [2.24, 2.45) is 0 Å². The number of benzene rings is 9. The van der Waals surface area contributed by atoms with Gasteiger partial charge >= 0.3 is 0 Å². The fraction of sp³-hybridized carbons (Fsp3) is 0.0175. The predicted molar refractivity (Wildman–Crippen MR) is 249 cm³/mol. The van der Waals surface area contributed by atoms with Crippen molar-refractivity contribution in [3.05, 3.63) is 245 Å². The van der Waals surface area contributed by atoms with Gasteiger partial charge in [0, 0.05) is 32.9 Å². The minimum atomic E-state index is -0.514. The van der Waals surface area contributed by atoms with E-state index >= 15 is 0 Å². The molecule has 9 aromatic carbocycles. The lowest BCUT2D eigenvalue weighted by Gasteiger charge is -2.34. The fourth-order valence-corrected chi connectivity index (χ4v) is 10.4. The summed E-state index contributed by atoms with van der Waals surface area (Å²) >= 11 is 0. The highest BCUT2D eigenvalue weighted by atomic mass is 15.0. The van der Waals surface area contributed by atoms with E-state index in [-0.39, 0.29) is 0 Å². The van der Waals surface area contributed by atoms with Crippen LogP contribution in [0.4, 0.5) is 5.69 Å². The van der Waals surface area contributed by atoms with Crippen molar-refractivity contribution < 1.29 is 0 Å². The molecule has 0 atom stereocenters. The molecule has 0 unspecified atom stereocenters. The SMILES string of the molecule is [C-]#[N+]c1cc(-n2c3ccccc3c3cc4c(cc32)-c2ccccc2C4(c2ccccc2)c2ccccc2)ccc1-c1ccc(-n2c3ccccc3c3ccccc32)cc1C#N. The van der Waals surface area contributed by atoms with Gasteiger partial charge in [-0.2, -0.15) is 5.26 Å². The first-order valence-electron chi connectivity index (χ1n) is 20.5. The van der Waals surface area contributed by atoms with Crippen molar-refractivity contribution in [3.8, 4) is 39.7 Å². The second kappa shape index (κ2) is 13.3. The topological polar surface area (TPSA) is 38.0 Å². The minimum absolute atomic E-state index is 0.489.